The molecule has 1 saturated heterocycles. The van der Waals surface area contributed by atoms with E-state index in [0.717, 1.165) is 37.1 Å². The minimum absolute atomic E-state index is 0.00223. The molecule has 7 heteroatoms. The first-order valence-corrected chi connectivity index (χ1v) is 9.83. The summed E-state index contributed by atoms with van der Waals surface area (Å²) < 4.78 is 6.99. The molecule has 27 heavy (non-hydrogen) atoms. The third kappa shape index (κ3) is 3.96. The van der Waals surface area contributed by atoms with Crippen molar-refractivity contribution in [2.45, 2.75) is 57.9 Å². The molecule has 2 fully saturated rings. The fourth-order valence-electron chi connectivity index (χ4n) is 3.60. The Labute approximate surface area is 158 Å². The highest BCUT2D eigenvalue weighted by Crippen LogP contribution is 2.40. The zero-order valence-corrected chi connectivity index (χ0v) is 15.9. The SMILES string of the molecule is CC(C)c1cc(=O)n(CC2CCN(C(=O)c3cc(C4CC4)on3)CC2)cn1. The Morgan fingerprint density at radius 2 is 1.96 bits per heavy atom. The van der Waals surface area contributed by atoms with Crippen LogP contribution in [0, 0.1) is 5.92 Å². The number of carbonyl (C=O) groups is 1. The lowest BCUT2D eigenvalue weighted by molar-refractivity contribution is 0.0671. The van der Waals surface area contributed by atoms with E-state index in [2.05, 4.69) is 10.1 Å². The van der Waals surface area contributed by atoms with E-state index in [1.165, 1.54) is 0 Å². The average molecular weight is 370 g/mol. The van der Waals surface area contributed by atoms with Crippen molar-refractivity contribution in [3.63, 3.8) is 0 Å². The van der Waals surface area contributed by atoms with Crippen LogP contribution in [-0.4, -0.2) is 38.6 Å². The lowest BCUT2D eigenvalue weighted by Gasteiger charge is -2.31. The molecule has 0 unspecified atom stereocenters. The van der Waals surface area contributed by atoms with Gasteiger partial charge in [-0.1, -0.05) is 19.0 Å². The van der Waals surface area contributed by atoms with Gasteiger partial charge in [-0.25, -0.2) is 4.98 Å². The van der Waals surface area contributed by atoms with Gasteiger partial charge < -0.3 is 9.42 Å². The lowest BCUT2D eigenvalue weighted by Crippen LogP contribution is -2.40. The van der Waals surface area contributed by atoms with Gasteiger partial charge in [-0.05, 0) is 37.5 Å². The number of carbonyl (C=O) groups excluding carboxylic acids is 1. The molecule has 1 aliphatic carbocycles. The summed E-state index contributed by atoms with van der Waals surface area (Å²) in [5, 5.41) is 3.95. The van der Waals surface area contributed by atoms with E-state index < -0.39 is 0 Å². The molecule has 0 bridgehead atoms. The Morgan fingerprint density at radius 1 is 1.22 bits per heavy atom. The summed E-state index contributed by atoms with van der Waals surface area (Å²) in [6.07, 6.45) is 5.65. The number of piperidine rings is 1. The third-order valence-electron chi connectivity index (χ3n) is 5.58. The van der Waals surface area contributed by atoms with Crippen LogP contribution in [0.15, 0.2) is 27.8 Å². The van der Waals surface area contributed by atoms with Crippen molar-refractivity contribution in [3.05, 3.63) is 46.0 Å². The van der Waals surface area contributed by atoms with E-state index in [-0.39, 0.29) is 17.4 Å². The van der Waals surface area contributed by atoms with Gasteiger partial charge in [-0.2, -0.15) is 0 Å². The Hall–Kier alpha value is -2.44. The Morgan fingerprint density at radius 3 is 2.59 bits per heavy atom. The number of hydrogen-bond donors (Lipinski definition) is 0. The van der Waals surface area contributed by atoms with Crippen LogP contribution in [0.4, 0.5) is 0 Å². The molecule has 144 valence electrons. The lowest BCUT2D eigenvalue weighted by atomic mass is 9.96. The number of rotatable bonds is 5. The molecular formula is C20H26N4O3. The van der Waals surface area contributed by atoms with Crippen molar-refractivity contribution < 1.29 is 9.32 Å². The monoisotopic (exact) mass is 370 g/mol. The highest BCUT2D eigenvalue weighted by Gasteiger charge is 2.31. The van der Waals surface area contributed by atoms with Crippen molar-refractivity contribution in [2.75, 3.05) is 13.1 Å². The zero-order chi connectivity index (χ0) is 19.0. The van der Waals surface area contributed by atoms with Gasteiger partial charge in [-0.3, -0.25) is 14.2 Å². The molecular weight excluding hydrogens is 344 g/mol. The quantitative estimate of drug-likeness (QED) is 0.808. The van der Waals surface area contributed by atoms with Crippen molar-refractivity contribution in [2.24, 2.45) is 5.92 Å². The first-order chi connectivity index (χ1) is 13.0. The van der Waals surface area contributed by atoms with E-state index in [1.54, 1.807) is 23.0 Å². The van der Waals surface area contributed by atoms with Gasteiger partial charge in [0.25, 0.3) is 11.5 Å². The van der Waals surface area contributed by atoms with Crippen LogP contribution >= 0.6 is 0 Å². The molecule has 7 nitrogen and oxygen atoms in total. The Kier molecular flexibility index (Phi) is 4.85. The van der Waals surface area contributed by atoms with Gasteiger partial charge >= 0.3 is 0 Å². The fourth-order valence-corrected chi connectivity index (χ4v) is 3.60. The molecule has 3 heterocycles. The maximum Gasteiger partial charge on any atom is 0.276 e. The van der Waals surface area contributed by atoms with E-state index >= 15 is 0 Å². The molecule has 1 aliphatic heterocycles. The first-order valence-electron chi connectivity index (χ1n) is 9.83. The second-order valence-electron chi connectivity index (χ2n) is 8.08. The van der Waals surface area contributed by atoms with Gasteiger partial charge in [0.05, 0.1) is 12.0 Å². The second-order valence-corrected chi connectivity index (χ2v) is 8.08. The van der Waals surface area contributed by atoms with Crippen LogP contribution in [0.2, 0.25) is 0 Å². The molecule has 2 aromatic heterocycles. The smallest absolute Gasteiger partial charge is 0.276 e. The van der Waals surface area contributed by atoms with E-state index in [9.17, 15) is 9.59 Å². The van der Waals surface area contributed by atoms with Gasteiger partial charge in [-0.15, -0.1) is 0 Å². The predicted molar refractivity (Wildman–Crippen MR) is 99.7 cm³/mol. The van der Waals surface area contributed by atoms with Crippen molar-refractivity contribution in [1.82, 2.24) is 19.6 Å². The highest BCUT2D eigenvalue weighted by atomic mass is 16.5. The normalized spacial score (nSPS) is 18.3. The summed E-state index contributed by atoms with van der Waals surface area (Å²) in [5.41, 5.74) is 1.25. The highest BCUT2D eigenvalue weighted by molar-refractivity contribution is 5.92. The molecule has 4 rings (SSSR count). The van der Waals surface area contributed by atoms with Gasteiger partial charge in [0.2, 0.25) is 0 Å². The third-order valence-corrected chi connectivity index (χ3v) is 5.58. The Bertz CT molecular complexity index is 873. The Balaban J connectivity index is 1.33. The van der Waals surface area contributed by atoms with Crippen LogP contribution in [0.1, 0.15) is 73.3 Å². The number of hydrogen-bond acceptors (Lipinski definition) is 5. The molecule has 2 aromatic rings. The molecule has 1 amide bonds. The predicted octanol–water partition coefficient (Wildman–Crippen LogP) is 2.78. The number of nitrogens with zero attached hydrogens (tertiary/aromatic N) is 4. The fraction of sp³-hybridized carbons (Fsp3) is 0.600. The summed E-state index contributed by atoms with van der Waals surface area (Å²) in [6.45, 7) is 6.08. The van der Waals surface area contributed by atoms with Crippen LogP contribution in [0.3, 0.4) is 0 Å². The van der Waals surface area contributed by atoms with Crippen molar-refractivity contribution >= 4 is 5.91 Å². The zero-order valence-electron chi connectivity index (χ0n) is 15.9. The first kappa shape index (κ1) is 17.9. The number of likely N-dealkylation sites (tertiary alicyclic amines) is 1. The van der Waals surface area contributed by atoms with Crippen LogP contribution in [-0.2, 0) is 6.54 Å². The standard InChI is InChI=1S/C20H26N4O3/c1-13(2)16-10-19(25)24(12-21-16)11-14-5-7-23(8-6-14)20(26)17-9-18(27-22-17)15-3-4-15/h9-10,12-15H,3-8,11H2,1-2H3. The van der Waals surface area contributed by atoms with Crippen molar-refractivity contribution in [1.29, 1.82) is 0 Å². The maximum atomic E-state index is 12.6. The average Bonchev–Trinajstić information content (AvgIpc) is 3.40. The van der Waals surface area contributed by atoms with Crippen molar-refractivity contribution in [3.8, 4) is 0 Å². The van der Waals surface area contributed by atoms with Gasteiger partial charge in [0.1, 0.15) is 5.76 Å². The number of aromatic nitrogens is 3. The second kappa shape index (κ2) is 7.29. The largest absolute Gasteiger partial charge is 0.360 e. The summed E-state index contributed by atoms with van der Waals surface area (Å²) in [5.74, 6) is 1.87. The minimum atomic E-state index is -0.0516. The van der Waals surface area contributed by atoms with Gasteiger partial charge in [0, 0.05) is 37.7 Å². The van der Waals surface area contributed by atoms with Gasteiger partial charge in [0.15, 0.2) is 5.69 Å². The van der Waals surface area contributed by atoms with Crippen LogP contribution < -0.4 is 5.56 Å². The van der Waals surface area contributed by atoms with E-state index in [1.807, 2.05) is 18.7 Å². The molecule has 0 spiro atoms. The van der Waals surface area contributed by atoms with E-state index in [4.69, 9.17) is 4.52 Å². The topological polar surface area (TPSA) is 81.2 Å². The molecule has 2 aliphatic rings. The molecule has 0 N–H and O–H groups in total. The van der Waals surface area contributed by atoms with E-state index in [0.29, 0.717) is 37.2 Å². The summed E-state index contributed by atoms with van der Waals surface area (Å²) in [6, 6.07) is 3.43. The molecule has 1 saturated carbocycles. The molecule has 0 atom stereocenters. The molecule has 0 radical (unpaired) electrons. The summed E-state index contributed by atoms with van der Waals surface area (Å²) in [7, 11) is 0. The van der Waals surface area contributed by atoms with Crippen LogP contribution in [0.25, 0.3) is 0 Å². The van der Waals surface area contributed by atoms with Crippen LogP contribution in [0.5, 0.6) is 0 Å². The summed E-state index contributed by atoms with van der Waals surface area (Å²) in [4.78, 5) is 31.1. The minimum Gasteiger partial charge on any atom is -0.360 e. The number of amides is 1. The summed E-state index contributed by atoms with van der Waals surface area (Å²) >= 11 is 0. The maximum absolute atomic E-state index is 12.6. The molecule has 0 aromatic carbocycles.